The number of halogens is 2. The summed E-state index contributed by atoms with van der Waals surface area (Å²) in [6.07, 6.45) is 0. The Balaban J connectivity index is 1.86. The monoisotopic (exact) mass is 347 g/mol. The molecule has 0 saturated carbocycles. The van der Waals surface area contributed by atoms with Crippen molar-refractivity contribution < 1.29 is 8.78 Å². The summed E-state index contributed by atoms with van der Waals surface area (Å²) in [6.45, 7) is 0. The van der Waals surface area contributed by atoms with Gasteiger partial charge in [-0.15, -0.1) is 0 Å². The first-order chi connectivity index (χ1) is 12.2. The lowest BCUT2D eigenvalue weighted by Crippen LogP contribution is -1.89. The summed E-state index contributed by atoms with van der Waals surface area (Å²) in [5, 5.41) is 10.3. The van der Waals surface area contributed by atoms with Crippen molar-refractivity contribution in [3.63, 3.8) is 0 Å². The zero-order valence-electron chi connectivity index (χ0n) is 13.0. The molecule has 0 atom stereocenters. The van der Waals surface area contributed by atoms with Gasteiger partial charge in [0.2, 0.25) is 0 Å². The first-order valence-electron chi connectivity index (χ1n) is 7.40. The number of benzene rings is 3. The molecule has 3 aromatic carbocycles. The van der Waals surface area contributed by atoms with Crippen LogP contribution in [0.5, 0.6) is 0 Å². The molecule has 1 nitrogen and oxygen atoms in total. The van der Waals surface area contributed by atoms with Crippen LogP contribution in [0.2, 0.25) is 0 Å². The predicted octanol–water partition coefficient (Wildman–Crippen LogP) is 5.60. The van der Waals surface area contributed by atoms with Gasteiger partial charge >= 0.3 is 0 Å². The highest BCUT2D eigenvalue weighted by Gasteiger charge is 2.12. The molecule has 120 valence electrons. The fraction of sp³-hybridized carbons (Fsp3) is 0. The standard InChI is InChI=1S/C21H11F2NS/c22-19-12-18(13-20(23)21(19)25-14-24)17-10-8-16(9-11-17)7-6-15-4-2-1-3-5-15/h1-5,8-13H. The molecular weight excluding hydrogens is 336 g/mol. The van der Waals surface area contributed by atoms with Crippen molar-refractivity contribution in [1.29, 1.82) is 5.26 Å². The fourth-order valence-corrected chi connectivity index (χ4v) is 2.69. The largest absolute Gasteiger partial charge is 0.206 e. The Morgan fingerprint density at radius 3 is 1.84 bits per heavy atom. The van der Waals surface area contributed by atoms with E-state index in [4.69, 9.17) is 5.26 Å². The molecule has 0 saturated heterocycles. The van der Waals surface area contributed by atoms with E-state index in [0.717, 1.165) is 11.1 Å². The van der Waals surface area contributed by atoms with Crippen molar-refractivity contribution >= 4 is 11.8 Å². The lowest BCUT2D eigenvalue weighted by molar-refractivity contribution is 0.542. The molecular formula is C21H11F2NS. The molecule has 0 amide bonds. The van der Waals surface area contributed by atoms with Gasteiger partial charge in [0.05, 0.1) is 4.90 Å². The molecule has 4 heteroatoms. The van der Waals surface area contributed by atoms with Gasteiger partial charge < -0.3 is 0 Å². The quantitative estimate of drug-likeness (QED) is 0.342. The fourth-order valence-electron chi connectivity index (χ4n) is 2.28. The number of thiocyanates is 1. The van der Waals surface area contributed by atoms with Gasteiger partial charge in [-0.05, 0) is 59.3 Å². The molecule has 0 aliphatic carbocycles. The van der Waals surface area contributed by atoms with E-state index in [1.54, 1.807) is 29.7 Å². The highest BCUT2D eigenvalue weighted by Crippen LogP contribution is 2.30. The maximum absolute atomic E-state index is 13.9. The number of hydrogen-bond acceptors (Lipinski definition) is 2. The van der Waals surface area contributed by atoms with Crippen LogP contribution >= 0.6 is 11.8 Å². The van der Waals surface area contributed by atoms with Crippen molar-refractivity contribution in [2.45, 2.75) is 4.90 Å². The predicted molar refractivity (Wildman–Crippen MR) is 95.7 cm³/mol. The third kappa shape index (κ3) is 4.07. The van der Waals surface area contributed by atoms with Crippen LogP contribution in [0, 0.1) is 34.1 Å². The van der Waals surface area contributed by atoms with Crippen LogP contribution in [0.4, 0.5) is 8.78 Å². The second-order valence-corrected chi connectivity index (χ2v) is 5.95. The van der Waals surface area contributed by atoms with Gasteiger partial charge in [0.1, 0.15) is 17.0 Å². The Morgan fingerprint density at radius 2 is 1.28 bits per heavy atom. The third-order valence-electron chi connectivity index (χ3n) is 3.49. The van der Waals surface area contributed by atoms with E-state index in [0.29, 0.717) is 22.9 Å². The average Bonchev–Trinajstić information content (AvgIpc) is 2.64. The lowest BCUT2D eigenvalue weighted by atomic mass is 10.0. The first-order valence-corrected chi connectivity index (χ1v) is 8.21. The van der Waals surface area contributed by atoms with Crippen LogP contribution in [0.3, 0.4) is 0 Å². The maximum atomic E-state index is 13.9. The Hall–Kier alpha value is -3.08. The van der Waals surface area contributed by atoms with E-state index < -0.39 is 11.6 Å². The summed E-state index contributed by atoms with van der Waals surface area (Å²) in [7, 11) is 0. The number of nitriles is 1. The number of nitrogens with zero attached hydrogens (tertiary/aromatic N) is 1. The van der Waals surface area contributed by atoms with E-state index in [1.165, 1.54) is 12.1 Å². The van der Waals surface area contributed by atoms with E-state index in [2.05, 4.69) is 11.8 Å². The molecule has 0 spiro atoms. The molecule has 3 aromatic rings. The van der Waals surface area contributed by atoms with Crippen LogP contribution < -0.4 is 0 Å². The van der Waals surface area contributed by atoms with Gasteiger partial charge in [-0.1, -0.05) is 42.2 Å². The van der Waals surface area contributed by atoms with Crippen molar-refractivity contribution in [1.82, 2.24) is 0 Å². The number of thioether (sulfide) groups is 1. The van der Waals surface area contributed by atoms with Gasteiger partial charge in [-0.25, -0.2) is 8.78 Å². The molecule has 0 aliphatic rings. The molecule has 3 rings (SSSR count). The Labute approximate surface area is 148 Å². The smallest absolute Gasteiger partial charge is 0.141 e. The minimum atomic E-state index is -0.741. The summed E-state index contributed by atoms with van der Waals surface area (Å²) in [4.78, 5) is -0.281. The summed E-state index contributed by atoms with van der Waals surface area (Å²) in [5.41, 5.74) is 2.82. The van der Waals surface area contributed by atoms with Gasteiger partial charge in [0.25, 0.3) is 0 Å². The van der Waals surface area contributed by atoms with Crippen molar-refractivity contribution in [3.05, 3.63) is 89.5 Å². The number of rotatable bonds is 2. The highest BCUT2D eigenvalue weighted by atomic mass is 32.2. The normalized spacial score (nSPS) is 9.80. The Kier molecular flexibility index (Phi) is 5.14. The Bertz CT molecular complexity index is 971. The summed E-state index contributed by atoms with van der Waals surface area (Å²) in [5.74, 6) is 4.62. The van der Waals surface area contributed by atoms with Crippen LogP contribution in [-0.4, -0.2) is 0 Å². The summed E-state index contributed by atoms with van der Waals surface area (Å²) < 4.78 is 27.9. The van der Waals surface area contributed by atoms with E-state index in [1.807, 2.05) is 30.3 Å². The van der Waals surface area contributed by atoms with Crippen LogP contribution in [-0.2, 0) is 0 Å². The van der Waals surface area contributed by atoms with Crippen LogP contribution in [0.1, 0.15) is 11.1 Å². The molecule has 0 fully saturated rings. The van der Waals surface area contributed by atoms with Gasteiger partial charge in [-0.2, -0.15) is 5.26 Å². The second kappa shape index (κ2) is 7.66. The molecule has 0 aliphatic heterocycles. The second-order valence-electron chi connectivity index (χ2n) is 5.16. The van der Waals surface area contributed by atoms with Crippen molar-refractivity contribution in [2.24, 2.45) is 0 Å². The van der Waals surface area contributed by atoms with Crippen molar-refractivity contribution in [3.8, 4) is 28.4 Å². The maximum Gasteiger partial charge on any atom is 0.141 e. The third-order valence-corrected chi connectivity index (χ3v) is 4.17. The summed E-state index contributed by atoms with van der Waals surface area (Å²) >= 11 is 0.477. The SMILES string of the molecule is N#CSc1c(F)cc(-c2ccc(C#Cc3ccccc3)cc2)cc1F. The number of hydrogen-bond donors (Lipinski definition) is 0. The van der Waals surface area contributed by atoms with E-state index in [-0.39, 0.29) is 4.90 Å². The highest BCUT2D eigenvalue weighted by molar-refractivity contribution is 8.03. The van der Waals surface area contributed by atoms with Crippen LogP contribution in [0.25, 0.3) is 11.1 Å². The summed E-state index contributed by atoms with van der Waals surface area (Å²) in [6, 6.07) is 19.2. The molecule has 0 aromatic heterocycles. The van der Waals surface area contributed by atoms with Gasteiger partial charge in [0, 0.05) is 11.1 Å². The zero-order chi connectivity index (χ0) is 17.6. The average molecular weight is 347 g/mol. The van der Waals surface area contributed by atoms with Gasteiger partial charge in [-0.3, -0.25) is 0 Å². The first kappa shape index (κ1) is 16.8. The molecule has 0 bridgehead atoms. The van der Waals surface area contributed by atoms with Crippen LogP contribution in [0.15, 0.2) is 71.6 Å². The molecule has 0 N–H and O–H groups in total. The van der Waals surface area contributed by atoms with E-state index in [9.17, 15) is 8.78 Å². The molecule has 0 heterocycles. The van der Waals surface area contributed by atoms with Crippen molar-refractivity contribution in [2.75, 3.05) is 0 Å². The minimum Gasteiger partial charge on any atom is -0.206 e. The molecule has 25 heavy (non-hydrogen) atoms. The lowest BCUT2D eigenvalue weighted by Gasteiger charge is -2.06. The topological polar surface area (TPSA) is 23.8 Å². The zero-order valence-corrected chi connectivity index (χ0v) is 13.8. The molecule has 0 unspecified atom stereocenters. The minimum absolute atomic E-state index is 0.281. The van der Waals surface area contributed by atoms with E-state index >= 15 is 0 Å². The molecule has 0 radical (unpaired) electrons. The van der Waals surface area contributed by atoms with Gasteiger partial charge in [0.15, 0.2) is 0 Å². The Morgan fingerprint density at radius 1 is 0.720 bits per heavy atom.